The molecular weight excluding hydrogens is 539 g/mol. The van der Waals surface area contributed by atoms with Crippen LogP contribution >= 0.6 is 0 Å². The normalized spacial score (nSPS) is 12.4. The number of hydrogen-bond acceptors (Lipinski definition) is 9. The molecule has 5 heterocycles. The average Bonchev–Trinajstić information content (AvgIpc) is 3.66. The van der Waals surface area contributed by atoms with E-state index in [0.29, 0.717) is 16.8 Å². The lowest BCUT2D eigenvalue weighted by molar-refractivity contribution is -0.141. The second kappa shape index (κ2) is 8.62. The molecule has 0 N–H and O–H groups in total. The third-order valence-corrected chi connectivity index (χ3v) is 6.74. The van der Waals surface area contributed by atoms with Crippen molar-refractivity contribution < 1.29 is 30.7 Å². The van der Waals surface area contributed by atoms with Gasteiger partial charge in [0.15, 0.2) is 11.6 Å². The summed E-state index contributed by atoms with van der Waals surface area (Å²) >= 11 is 0. The topological polar surface area (TPSA) is 130 Å². The van der Waals surface area contributed by atoms with E-state index in [1.54, 1.807) is 30.3 Å². The Hall–Kier alpha value is -4.79. The zero-order chi connectivity index (χ0) is 27.5. The van der Waals surface area contributed by atoms with Crippen LogP contribution in [0.15, 0.2) is 70.7 Å². The number of halogens is 3. The first kappa shape index (κ1) is 24.5. The van der Waals surface area contributed by atoms with Gasteiger partial charge in [-0.05, 0) is 36.4 Å². The molecule has 0 unspecified atom stereocenters. The van der Waals surface area contributed by atoms with Gasteiger partial charge >= 0.3 is 6.18 Å². The minimum Gasteiger partial charge on any atom is -0.497 e. The molecule has 0 amide bonds. The Labute approximate surface area is 217 Å². The Morgan fingerprint density at radius 2 is 1.90 bits per heavy atom. The Balaban J connectivity index is 1.73. The molecule has 0 aliphatic rings. The van der Waals surface area contributed by atoms with Gasteiger partial charge in [0, 0.05) is 24.1 Å². The molecule has 6 rings (SSSR count). The highest BCUT2D eigenvalue weighted by Crippen LogP contribution is 2.38. The number of fused-ring (bicyclic) bond motifs is 2. The highest BCUT2D eigenvalue weighted by molar-refractivity contribution is 7.90. The number of methoxy groups -OCH3 is 1. The molecule has 0 aliphatic heterocycles. The quantitative estimate of drug-likeness (QED) is 0.287. The number of benzene rings is 1. The van der Waals surface area contributed by atoms with E-state index in [2.05, 4.69) is 25.3 Å². The van der Waals surface area contributed by atoms with Crippen LogP contribution in [0.1, 0.15) is 5.69 Å². The van der Waals surface area contributed by atoms with Gasteiger partial charge in [0.2, 0.25) is 15.0 Å². The summed E-state index contributed by atoms with van der Waals surface area (Å²) in [5.74, 6) is 0.625. The van der Waals surface area contributed by atoms with Crippen molar-refractivity contribution in [3.05, 3.63) is 66.8 Å². The van der Waals surface area contributed by atoms with E-state index < -0.39 is 26.9 Å². The maximum atomic E-state index is 13.7. The van der Waals surface area contributed by atoms with Gasteiger partial charge in [-0.2, -0.15) is 22.8 Å². The van der Waals surface area contributed by atoms with Crippen molar-refractivity contribution in [2.75, 3.05) is 13.4 Å². The highest BCUT2D eigenvalue weighted by atomic mass is 32.2. The fourth-order valence-electron chi connectivity index (χ4n) is 4.13. The number of aromatic nitrogens is 7. The van der Waals surface area contributed by atoms with Crippen molar-refractivity contribution in [1.82, 2.24) is 34.3 Å². The van der Waals surface area contributed by atoms with Crippen LogP contribution in [0.3, 0.4) is 0 Å². The minimum atomic E-state index is -4.68. The highest BCUT2D eigenvalue weighted by Gasteiger charge is 2.35. The summed E-state index contributed by atoms with van der Waals surface area (Å²) in [6.07, 6.45) is -0.423. The molecule has 11 nitrogen and oxygen atoms in total. The van der Waals surface area contributed by atoms with Crippen LogP contribution in [0.5, 0.6) is 5.75 Å². The molecule has 1 aromatic carbocycles. The largest absolute Gasteiger partial charge is 0.497 e. The Morgan fingerprint density at radius 3 is 2.59 bits per heavy atom. The van der Waals surface area contributed by atoms with Crippen molar-refractivity contribution in [1.29, 1.82) is 0 Å². The van der Waals surface area contributed by atoms with Crippen LogP contribution in [0.4, 0.5) is 13.2 Å². The van der Waals surface area contributed by atoms with Crippen molar-refractivity contribution in [3.63, 3.8) is 0 Å². The number of furan rings is 1. The second-order valence-electron chi connectivity index (χ2n) is 8.45. The zero-order valence-corrected chi connectivity index (χ0v) is 20.9. The number of hydrogen-bond donors (Lipinski definition) is 0. The fraction of sp³-hybridized carbons (Fsp3) is 0.125. The summed E-state index contributed by atoms with van der Waals surface area (Å²) in [4.78, 5) is 12.4. The van der Waals surface area contributed by atoms with E-state index >= 15 is 0 Å². The lowest BCUT2D eigenvalue weighted by Gasteiger charge is -2.15. The Kier molecular flexibility index (Phi) is 5.43. The van der Waals surface area contributed by atoms with E-state index in [4.69, 9.17) is 9.15 Å². The minimum absolute atomic E-state index is 0.0237. The lowest BCUT2D eigenvalue weighted by Crippen LogP contribution is -2.13. The van der Waals surface area contributed by atoms with Crippen molar-refractivity contribution in [3.8, 4) is 34.1 Å². The third kappa shape index (κ3) is 4.16. The van der Waals surface area contributed by atoms with Gasteiger partial charge in [0.1, 0.15) is 28.3 Å². The van der Waals surface area contributed by atoms with Crippen molar-refractivity contribution in [2.24, 2.45) is 0 Å². The van der Waals surface area contributed by atoms with E-state index in [1.165, 1.54) is 36.4 Å². The van der Waals surface area contributed by atoms with Gasteiger partial charge < -0.3 is 9.15 Å². The molecule has 0 saturated heterocycles. The first-order valence-corrected chi connectivity index (χ1v) is 13.0. The summed E-state index contributed by atoms with van der Waals surface area (Å²) in [5, 5.41) is 7.79. The maximum Gasteiger partial charge on any atom is 0.433 e. The van der Waals surface area contributed by atoms with Crippen LogP contribution in [0.2, 0.25) is 0 Å². The number of rotatable bonds is 5. The van der Waals surface area contributed by atoms with Crippen LogP contribution in [-0.2, 0) is 16.0 Å². The van der Waals surface area contributed by atoms with Crippen molar-refractivity contribution >= 4 is 26.5 Å². The van der Waals surface area contributed by atoms with E-state index in [-0.39, 0.29) is 34.0 Å². The van der Waals surface area contributed by atoms with Crippen LogP contribution in [0.25, 0.3) is 45.1 Å². The summed E-state index contributed by atoms with van der Waals surface area (Å²) in [5.41, 5.74) is 0.291. The Bertz CT molecular complexity index is 1980. The second-order valence-corrected chi connectivity index (χ2v) is 10.4. The summed E-state index contributed by atoms with van der Waals surface area (Å²) in [6.45, 7) is 0. The van der Waals surface area contributed by atoms with E-state index in [9.17, 15) is 21.6 Å². The van der Waals surface area contributed by atoms with Crippen molar-refractivity contribution in [2.45, 2.75) is 11.3 Å². The third-order valence-electron chi connectivity index (χ3n) is 5.89. The van der Waals surface area contributed by atoms with E-state index in [1.807, 2.05) is 0 Å². The summed E-state index contributed by atoms with van der Waals surface area (Å²) in [7, 11) is -2.46. The molecule has 0 radical (unpaired) electrons. The molecule has 0 bridgehead atoms. The monoisotopic (exact) mass is 555 g/mol. The molecule has 6 aromatic rings. The molecule has 198 valence electrons. The average molecular weight is 555 g/mol. The maximum absolute atomic E-state index is 13.7. The SMILES string of the molecule is COc1ccc2c(c1)nnn2-c1nc(S(C)(=O)=O)nc(-c2ccco2)c1-c1ccc2ncc(C(F)(F)F)n2c1. The van der Waals surface area contributed by atoms with Gasteiger partial charge in [-0.3, -0.25) is 4.40 Å². The predicted octanol–water partition coefficient (Wildman–Crippen LogP) is 4.22. The standard InChI is InChI=1S/C24H16F3N7O4S/c1-37-14-6-7-16-15(10-14)31-32-34(16)22-20(13-5-8-19-28-11-18(24(25,26)27)33(19)12-13)21(17-4-3-9-38-17)29-23(30-22)39(2,35)36/h3-12H,1-2H3. The molecule has 0 saturated carbocycles. The van der Waals surface area contributed by atoms with Crippen LogP contribution in [0, 0.1) is 0 Å². The molecule has 0 atom stereocenters. The number of pyridine rings is 1. The van der Waals surface area contributed by atoms with Gasteiger partial charge in [0.05, 0.1) is 30.6 Å². The molecular formula is C24H16F3N7O4S. The van der Waals surface area contributed by atoms with Gasteiger partial charge in [0.25, 0.3) is 0 Å². The van der Waals surface area contributed by atoms with Crippen LogP contribution < -0.4 is 4.74 Å². The summed E-state index contributed by atoms with van der Waals surface area (Å²) < 4.78 is 79.3. The fourth-order valence-corrected chi connectivity index (χ4v) is 4.64. The van der Waals surface area contributed by atoms with E-state index in [0.717, 1.165) is 16.9 Å². The Morgan fingerprint density at radius 1 is 1.08 bits per heavy atom. The molecule has 39 heavy (non-hydrogen) atoms. The molecule has 0 fully saturated rings. The molecule has 0 aliphatic carbocycles. The lowest BCUT2D eigenvalue weighted by atomic mass is 10.0. The zero-order valence-electron chi connectivity index (χ0n) is 20.1. The first-order chi connectivity index (χ1) is 18.5. The molecule has 0 spiro atoms. The number of nitrogens with zero attached hydrogens (tertiary/aromatic N) is 7. The van der Waals surface area contributed by atoms with Gasteiger partial charge in [-0.1, -0.05) is 5.21 Å². The number of imidazole rings is 1. The number of alkyl halides is 3. The molecule has 5 aromatic heterocycles. The predicted molar refractivity (Wildman–Crippen MR) is 131 cm³/mol. The molecule has 15 heteroatoms. The first-order valence-electron chi connectivity index (χ1n) is 11.1. The number of ether oxygens (including phenoxy) is 1. The number of sulfone groups is 1. The van der Waals surface area contributed by atoms with Gasteiger partial charge in [-0.25, -0.2) is 18.4 Å². The van der Waals surface area contributed by atoms with Gasteiger partial charge in [-0.15, -0.1) is 5.10 Å². The smallest absolute Gasteiger partial charge is 0.433 e. The van der Waals surface area contributed by atoms with Crippen LogP contribution in [-0.4, -0.2) is 56.1 Å². The summed E-state index contributed by atoms with van der Waals surface area (Å²) in [6, 6.07) is 11.0.